The zero-order valence-corrected chi connectivity index (χ0v) is 18.1. The summed E-state index contributed by atoms with van der Waals surface area (Å²) in [5, 5.41) is 24.1. The monoisotopic (exact) mass is 454 g/mol. The highest BCUT2D eigenvalue weighted by Gasteiger charge is 2.34. The normalized spacial score (nSPS) is 11.6. The molecule has 0 heterocycles. The molecule has 0 aromatic heterocycles. The van der Waals surface area contributed by atoms with Crippen molar-refractivity contribution in [1.82, 2.24) is 0 Å². The average Bonchev–Trinajstić information content (AvgIpc) is 2.77. The molecule has 0 aliphatic heterocycles. The topological polar surface area (TPSA) is 161 Å². The van der Waals surface area contributed by atoms with Crippen LogP contribution in [0, 0.1) is 13.8 Å². The van der Waals surface area contributed by atoms with Crippen LogP contribution in [0.25, 0.3) is 43.1 Å². The van der Waals surface area contributed by atoms with Crippen molar-refractivity contribution in [1.29, 1.82) is 0 Å². The van der Waals surface area contributed by atoms with Crippen molar-refractivity contribution in [2.75, 3.05) is 0 Å². The van der Waals surface area contributed by atoms with E-state index in [0.717, 1.165) is 16.2 Å². The lowest BCUT2D eigenvalue weighted by molar-refractivity contribution is 0.0693. The highest BCUT2D eigenvalue weighted by Crippen LogP contribution is 2.47. The number of aromatic carboxylic acids is 2. The van der Waals surface area contributed by atoms with E-state index in [1.54, 1.807) is 26.0 Å². The molecule has 5 rings (SSSR count). The average molecular weight is 454 g/mol. The first kappa shape index (κ1) is 21.1. The summed E-state index contributed by atoms with van der Waals surface area (Å²) in [6, 6.07) is 11.0. The fraction of sp³-hybridized carbons (Fsp3) is 0.0769. The Kier molecular flexibility index (Phi) is 4.28. The van der Waals surface area contributed by atoms with E-state index in [1.165, 1.54) is 0 Å². The highest BCUT2D eigenvalue weighted by atomic mass is 16.4. The van der Waals surface area contributed by atoms with E-state index >= 15 is 0 Å². The highest BCUT2D eigenvalue weighted by molar-refractivity contribution is 6.41. The molecule has 0 radical (unpaired) electrons. The van der Waals surface area contributed by atoms with Gasteiger partial charge < -0.3 is 21.7 Å². The minimum absolute atomic E-state index is 0.154. The van der Waals surface area contributed by atoms with Crippen LogP contribution in [0.4, 0.5) is 0 Å². The number of rotatable bonds is 4. The van der Waals surface area contributed by atoms with Crippen molar-refractivity contribution in [3.8, 4) is 0 Å². The zero-order chi connectivity index (χ0) is 24.6. The van der Waals surface area contributed by atoms with Gasteiger partial charge in [0.2, 0.25) is 11.8 Å². The summed E-state index contributed by atoms with van der Waals surface area (Å²) in [6.45, 7) is 3.34. The number of carbonyl (C=O) groups is 4. The van der Waals surface area contributed by atoms with Crippen LogP contribution in [-0.2, 0) is 0 Å². The minimum atomic E-state index is -1.59. The molecule has 0 atom stereocenters. The zero-order valence-electron chi connectivity index (χ0n) is 18.1. The Labute approximate surface area is 191 Å². The van der Waals surface area contributed by atoms with Crippen molar-refractivity contribution in [3.05, 3.63) is 69.8 Å². The van der Waals surface area contributed by atoms with Crippen LogP contribution < -0.4 is 11.5 Å². The van der Waals surface area contributed by atoms with Crippen LogP contribution >= 0.6 is 0 Å². The van der Waals surface area contributed by atoms with Crippen LogP contribution in [0.15, 0.2) is 36.4 Å². The SMILES string of the molecule is Cc1c(C(=O)O)c2c(C(=O)O)c(C(N)=O)c(C(N)=O)c3c4cccc5cccc(c(c1C)c23)c54. The molecule has 0 fully saturated rings. The van der Waals surface area contributed by atoms with Gasteiger partial charge in [0.15, 0.2) is 0 Å². The van der Waals surface area contributed by atoms with Crippen molar-refractivity contribution >= 4 is 66.8 Å². The van der Waals surface area contributed by atoms with Gasteiger partial charge in [0.1, 0.15) is 0 Å². The van der Waals surface area contributed by atoms with Gasteiger partial charge in [-0.3, -0.25) is 9.59 Å². The molecule has 0 spiro atoms. The van der Waals surface area contributed by atoms with Gasteiger partial charge in [-0.05, 0) is 51.9 Å². The molecule has 6 N–H and O–H groups in total. The summed E-state index contributed by atoms with van der Waals surface area (Å²) in [6.07, 6.45) is 0. The number of benzene rings is 5. The molecule has 5 aromatic rings. The molecule has 5 aromatic carbocycles. The Balaban J connectivity index is 2.40. The molecule has 0 saturated heterocycles. The summed E-state index contributed by atoms with van der Waals surface area (Å²) in [7, 11) is 0. The first-order valence-corrected chi connectivity index (χ1v) is 10.3. The summed E-state index contributed by atoms with van der Waals surface area (Å²) in [5.41, 5.74) is 10.4. The van der Waals surface area contributed by atoms with E-state index in [9.17, 15) is 29.4 Å². The standard InChI is InChI=1S/C26H18N2O6/c1-9-10(2)15(25(31)32)19-18-14(9)12-7-3-5-11-6-4-8-13(16(11)12)17(18)20(23(27)29)21(24(28)30)22(19)26(33)34/h3-8H,1-2H3,(H2,27,29)(H2,28,30)(H,31,32)(H,33,34). The van der Waals surface area contributed by atoms with Gasteiger partial charge in [-0.15, -0.1) is 0 Å². The number of aryl methyl sites for hydroxylation is 1. The van der Waals surface area contributed by atoms with Crippen molar-refractivity contribution in [2.45, 2.75) is 13.8 Å². The lowest BCUT2D eigenvalue weighted by Crippen LogP contribution is -2.25. The van der Waals surface area contributed by atoms with Crippen LogP contribution in [0.5, 0.6) is 0 Å². The second-order valence-corrected chi connectivity index (χ2v) is 8.30. The second kappa shape index (κ2) is 6.89. The number of hydrogen-bond acceptors (Lipinski definition) is 4. The predicted molar refractivity (Wildman–Crippen MR) is 128 cm³/mol. The van der Waals surface area contributed by atoms with E-state index in [4.69, 9.17) is 11.5 Å². The number of nitrogens with two attached hydrogens (primary N) is 2. The van der Waals surface area contributed by atoms with Gasteiger partial charge in [0, 0.05) is 16.2 Å². The van der Waals surface area contributed by atoms with Gasteiger partial charge in [-0.1, -0.05) is 36.4 Å². The third-order valence-electron chi connectivity index (χ3n) is 6.68. The van der Waals surface area contributed by atoms with Gasteiger partial charge in [0.25, 0.3) is 0 Å². The summed E-state index contributed by atoms with van der Waals surface area (Å²) in [5.74, 6) is -5.17. The Morgan fingerprint density at radius 2 is 1.12 bits per heavy atom. The quantitative estimate of drug-likeness (QED) is 0.237. The Bertz CT molecular complexity index is 1780. The van der Waals surface area contributed by atoms with E-state index in [-0.39, 0.29) is 27.3 Å². The summed E-state index contributed by atoms with van der Waals surface area (Å²) in [4.78, 5) is 50.3. The summed E-state index contributed by atoms with van der Waals surface area (Å²) >= 11 is 0. The smallest absolute Gasteiger partial charge is 0.337 e. The molecule has 2 amide bonds. The minimum Gasteiger partial charge on any atom is -0.478 e. The van der Waals surface area contributed by atoms with Crippen molar-refractivity contribution in [3.63, 3.8) is 0 Å². The van der Waals surface area contributed by atoms with Crippen LogP contribution in [0.1, 0.15) is 52.6 Å². The van der Waals surface area contributed by atoms with Gasteiger partial charge in [-0.25, -0.2) is 9.59 Å². The largest absolute Gasteiger partial charge is 0.478 e. The van der Waals surface area contributed by atoms with Gasteiger partial charge >= 0.3 is 11.9 Å². The molecule has 0 saturated carbocycles. The number of primary amides is 2. The lowest BCUT2D eigenvalue weighted by atomic mass is 9.78. The molecule has 0 aliphatic carbocycles. The molecule has 0 aliphatic rings. The molecule has 168 valence electrons. The number of carboxylic acids is 2. The Hall–Kier alpha value is -4.72. The third kappa shape index (κ3) is 2.47. The Morgan fingerprint density at radius 3 is 1.62 bits per heavy atom. The number of fused-ring (bicyclic) bond motifs is 2. The maximum Gasteiger partial charge on any atom is 0.337 e. The number of hydrogen-bond donors (Lipinski definition) is 4. The fourth-order valence-corrected chi connectivity index (χ4v) is 5.34. The molecule has 8 heteroatoms. The molecular weight excluding hydrogens is 436 g/mol. The number of carboxylic acid groups (broad SMARTS) is 2. The molecule has 0 unspecified atom stereocenters. The Morgan fingerprint density at radius 1 is 0.588 bits per heavy atom. The van der Waals surface area contributed by atoms with Gasteiger partial charge in [-0.2, -0.15) is 0 Å². The van der Waals surface area contributed by atoms with Crippen LogP contribution in [0.3, 0.4) is 0 Å². The lowest BCUT2D eigenvalue weighted by Gasteiger charge is -2.23. The van der Waals surface area contributed by atoms with Crippen molar-refractivity contribution < 1.29 is 29.4 Å². The van der Waals surface area contributed by atoms with E-state index in [0.29, 0.717) is 21.9 Å². The third-order valence-corrected chi connectivity index (χ3v) is 6.68. The second-order valence-electron chi connectivity index (χ2n) is 8.30. The first-order valence-electron chi connectivity index (χ1n) is 10.3. The maximum absolute atomic E-state index is 12.8. The molecule has 0 bridgehead atoms. The van der Waals surface area contributed by atoms with Crippen LogP contribution in [-0.4, -0.2) is 34.0 Å². The number of amides is 2. The molecule has 8 nitrogen and oxygen atoms in total. The van der Waals surface area contributed by atoms with E-state index in [1.807, 2.05) is 24.3 Å². The van der Waals surface area contributed by atoms with Gasteiger partial charge in [0.05, 0.1) is 22.3 Å². The summed E-state index contributed by atoms with van der Waals surface area (Å²) < 4.78 is 0. The first-order chi connectivity index (χ1) is 16.1. The molecular formula is C26H18N2O6. The van der Waals surface area contributed by atoms with E-state index < -0.39 is 34.9 Å². The van der Waals surface area contributed by atoms with E-state index in [2.05, 4.69) is 0 Å². The maximum atomic E-state index is 12.8. The van der Waals surface area contributed by atoms with Crippen LogP contribution in [0.2, 0.25) is 0 Å². The predicted octanol–water partition coefficient (Wildman–Crippen LogP) is 3.95. The molecule has 34 heavy (non-hydrogen) atoms. The fourth-order valence-electron chi connectivity index (χ4n) is 5.34. The number of carbonyl (C=O) groups excluding carboxylic acids is 2. The van der Waals surface area contributed by atoms with Crippen molar-refractivity contribution in [2.24, 2.45) is 11.5 Å².